The molecule has 0 aromatic heterocycles. The van der Waals surface area contributed by atoms with Gasteiger partial charge in [-0.2, -0.15) is 0 Å². The Labute approximate surface area is 122 Å². The van der Waals surface area contributed by atoms with Crippen LogP contribution in [0, 0.1) is 23.7 Å². The van der Waals surface area contributed by atoms with Crippen molar-refractivity contribution in [1.29, 1.82) is 0 Å². The molecule has 1 atom stereocenters. The fourth-order valence-corrected chi connectivity index (χ4v) is 5.31. The van der Waals surface area contributed by atoms with Gasteiger partial charge in [0.25, 0.3) is 0 Å². The molecule has 1 unspecified atom stereocenters. The van der Waals surface area contributed by atoms with Gasteiger partial charge in [0.1, 0.15) is 0 Å². The highest BCUT2D eigenvalue weighted by atomic mass is 16.5. The smallest absolute Gasteiger partial charge is 0.239 e. The lowest BCUT2D eigenvalue weighted by molar-refractivity contribution is -0.142. The molecule has 4 nitrogen and oxygen atoms in total. The summed E-state index contributed by atoms with van der Waals surface area (Å²) in [6.45, 7) is 0.558. The summed E-state index contributed by atoms with van der Waals surface area (Å²) in [6.07, 6.45) is 7.41. The van der Waals surface area contributed by atoms with Gasteiger partial charge in [-0.1, -0.05) is 0 Å². The summed E-state index contributed by atoms with van der Waals surface area (Å²) in [5.41, 5.74) is 6.03. The molecule has 1 amide bonds. The van der Waals surface area contributed by atoms with Crippen molar-refractivity contribution in [2.45, 2.75) is 50.6 Å². The molecular formula is C16H28N2O2. The summed E-state index contributed by atoms with van der Waals surface area (Å²) in [5, 5.41) is 0. The van der Waals surface area contributed by atoms with Gasteiger partial charge < -0.3 is 15.4 Å². The summed E-state index contributed by atoms with van der Waals surface area (Å²) in [6, 6.07) is 0.0426. The van der Waals surface area contributed by atoms with E-state index >= 15 is 0 Å². The molecule has 0 aromatic carbocycles. The van der Waals surface area contributed by atoms with Gasteiger partial charge in [-0.15, -0.1) is 0 Å². The van der Waals surface area contributed by atoms with Gasteiger partial charge in [0.05, 0.1) is 6.04 Å². The molecule has 0 saturated heterocycles. The zero-order valence-electron chi connectivity index (χ0n) is 12.8. The van der Waals surface area contributed by atoms with E-state index in [2.05, 4.69) is 0 Å². The highest BCUT2D eigenvalue weighted by Gasteiger charge is 2.50. The molecule has 4 aliphatic carbocycles. The first kappa shape index (κ1) is 14.3. The van der Waals surface area contributed by atoms with Gasteiger partial charge in [0.2, 0.25) is 5.91 Å². The first-order chi connectivity index (χ1) is 9.60. The molecule has 4 fully saturated rings. The maximum Gasteiger partial charge on any atom is 0.239 e. The molecule has 4 rings (SSSR count). The SMILES string of the molecule is COCCC(N)C(=O)N(C)C1C2CC3CC(C2)CC1C3. The largest absolute Gasteiger partial charge is 0.385 e. The second-order valence-corrected chi connectivity index (χ2v) is 7.26. The molecule has 114 valence electrons. The maximum absolute atomic E-state index is 12.5. The summed E-state index contributed by atoms with van der Waals surface area (Å²) < 4.78 is 5.03. The van der Waals surface area contributed by atoms with Crippen LogP contribution in [0.15, 0.2) is 0 Å². The average molecular weight is 280 g/mol. The molecule has 2 N–H and O–H groups in total. The molecule has 20 heavy (non-hydrogen) atoms. The highest BCUT2D eigenvalue weighted by molar-refractivity contribution is 5.81. The Bertz CT molecular complexity index is 343. The average Bonchev–Trinajstić information content (AvgIpc) is 2.42. The number of carbonyl (C=O) groups excluding carboxylic acids is 1. The standard InChI is InChI=1S/C16H28N2O2/c1-18(16(19)14(17)3-4-20-2)15-12-6-10-5-11(8-12)9-13(15)7-10/h10-15H,3-9,17H2,1-2H3. The Hall–Kier alpha value is -0.610. The second-order valence-electron chi connectivity index (χ2n) is 7.26. The van der Waals surface area contributed by atoms with Crippen LogP contribution in [0.5, 0.6) is 0 Å². The van der Waals surface area contributed by atoms with Gasteiger partial charge in [-0.05, 0) is 62.2 Å². The summed E-state index contributed by atoms with van der Waals surface area (Å²) in [7, 11) is 3.63. The molecule has 0 spiro atoms. The topological polar surface area (TPSA) is 55.6 Å². The van der Waals surface area contributed by atoms with Gasteiger partial charge in [0, 0.05) is 26.8 Å². The number of rotatable bonds is 5. The van der Waals surface area contributed by atoms with E-state index in [1.807, 2.05) is 11.9 Å². The second kappa shape index (κ2) is 5.64. The number of amides is 1. The fraction of sp³-hybridized carbons (Fsp3) is 0.938. The molecule has 4 heteroatoms. The summed E-state index contributed by atoms with van der Waals surface area (Å²) in [5.74, 6) is 3.46. The lowest BCUT2D eigenvalue weighted by Crippen LogP contribution is -2.58. The van der Waals surface area contributed by atoms with Crippen molar-refractivity contribution in [3.63, 3.8) is 0 Å². The lowest BCUT2D eigenvalue weighted by atomic mass is 9.54. The van der Waals surface area contributed by atoms with Crippen LogP contribution in [0.3, 0.4) is 0 Å². The minimum Gasteiger partial charge on any atom is -0.385 e. The van der Waals surface area contributed by atoms with E-state index in [1.54, 1.807) is 7.11 Å². The molecular weight excluding hydrogens is 252 g/mol. The minimum atomic E-state index is -0.405. The Morgan fingerprint density at radius 2 is 1.75 bits per heavy atom. The number of nitrogens with zero attached hydrogens (tertiary/aromatic N) is 1. The maximum atomic E-state index is 12.5. The van der Waals surface area contributed by atoms with E-state index in [1.165, 1.54) is 32.1 Å². The van der Waals surface area contributed by atoms with Crippen LogP contribution in [0.4, 0.5) is 0 Å². The number of hydrogen-bond donors (Lipinski definition) is 1. The normalized spacial score (nSPS) is 39.9. The highest BCUT2D eigenvalue weighted by Crippen LogP contribution is 2.54. The minimum absolute atomic E-state index is 0.111. The van der Waals surface area contributed by atoms with Crippen LogP contribution in [0.1, 0.15) is 38.5 Å². The first-order valence-electron chi connectivity index (χ1n) is 8.11. The third kappa shape index (κ3) is 2.48. The van der Waals surface area contributed by atoms with Crippen molar-refractivity contribution in [3.05, 3.63) is 0 Å². The van der Waals surface area contributed by atoms with Gasteiger partial charge in [-0.25, -0.2) is 0 Å². The molecule has 0 heterocycles. The van der Waals surface area contributed by atoms with E-state index in [4.69, 9.17) is 10.5 Å². The van der Waals surface area contributed by atoms with Crippen molar-refractivity contribution in [2.75, 3.05) is 20.8 Å². The Morgan fingerprint density at radius 3 is 2.25 bits per heavy atom. The molecule has 4 bridgehead atoms. The van der Waals surface area contributed by atoms with Crippen molar-refractivity contribution in [3.8, 4) is 0 Å². The zero-order valence-corrected chi connectivity index (χ0v) is 12.8. The van der Waals surface area contributed by atoms with Gasteiger partial charge >= 0.3 is 0 Å². The first-order valence-corrected chi connectivity index (χ1v) is 8.11. The number of likely N-dealkylation sites (N-methyl/N-ethyl adjacent to an activating group) is 1. The monoisotopic (exact) mass is 280 g/mol. The van der Waals surface area contributed by atoms with Gasteiger partial charge in [0.15, 0.2) is 0 Å². The van der Waals surface area contributed by atoms with E-state index in [0.29, 0.717) is 19.1 Å². The van der Waals surface area contributed by atoms with Crippen LogP contribution < -0.4 is 5.73 Å². The van der Waals surface area contributed by atoms with Crippen molar-refractivity contribution in [2.24, 2.45) is 29.4 Å². The number of carbonyl (C=O) groups is 1. The van der Waals surface area contributed by atoms with E-state index in [-0.39, 0.29) is 5.91 Å². The Balaban J connectivity index is 1.65. The van der Waals surface area contributed by atoms with E-state index in [0.717, 1.165) is 23.7 Å². The van der Waals surface area contributed by atoms with Crippen LogP contribution in [-0.2, 0) is 9.53 Å². The molecule has 0 radical (unpaired) electrons. The van der Waals surface area contributed by atoms with Crippen molar-refractivity contribution in [1.82, 2.24) is 4.90 Å². The van der Waals surface area contributed by atoms with Crippen LogP contribution in [-0.4, -0.2) is 43.7 Å². The number of methoxy groups -OCH3 is 1. The number of ether oxygens (including phenoxy) is 1. The molecule has 4 aliphatic rings. The summed E-state index contributed by atoms with van der Waals surface area (Å²) >= 11 is 0. The van der Waals surface area contributed by atoms with E-state index < -0.39 is 6.04 Å². The Morgan fingerprint density at radius 1 is 1.20 bits per heavy atom. The summed E-state index contributed by atoms with van der Waals surface area (Å²) in [4.78, 5) is 14.5. The lowest BCUT2D eigenvalue weighted by Gasteiger charge is -2.56. The van der Waals surface area contributed by atoms with Gasteiger partial charge in [-0.3, -0.25) is 4.79 Å². The fourth-order valence-electron chi connectivity index (χ4n) is 5.31. The predicted octanol–water partition coefficient (Wildman–Crippen LogP) is 1.63. The van der Waals surface area contributed by atoms with Crippen molar-refractivity contribution >= 4 is 5.91 Å². The number of nitrogens with two attached hydrogens (primary N) is 1. The van der Waals surface area contributed by atoms with Crippen LogP contribution in [0.25, 0.3) is 0 Å². The van der Waals surface area contributed by atoms with Crippen LogP contribution in [0.2, 0.25) is 0 Å². The van der Waals surface area contributed by atoms with E-state index in [9.17, 15) is 4.79 Å². The third-order valence-electron chi connectivity index (χ3n) is 5.92. The molecule has 0 aliphatic heterocycles. The zero-order chi connectivity index (χ0) is 14.3. The number of hydrogen-bond acceptors (Lipinski definition) is 3. The molecule has 4 saturated carbocycles. The predicted molar refractivity (Wildman–Crippen MR) is 78.1 cm³/mol. The molecule has 0 aromatic rings. The van der Waals surface area contributed by atoms with Crippen LogP contribution >= 0.6 is 0 Å². The van der Waals surface area contributed by atoms with Crippen molar-refractivity contribution < 1.29 is 9.53 Å². The third-order valence-corrected chi connectivity index (χ3v) is 5.92. The quantitative estimate of drug-likeness (QED) is 0.833. The Kier molecular flexibility index (Phi) is 4.04.